The third kappa shape index (κ3) is 3.88. The summed E-state index contributed by atoms with van der Waals surface area (Å²) < 4.78 is 11.1. The first kappa shape index (κ1) is 16.1. The summed E-state index contributed by atoms with van der Waals surface area (Å²) in [5.41, 5.74) is 0.341. The zero-order chi connectivity index (χ0) is 15.9. The molecule has 0 atom stereocenters. The number of rotatable bonds is 7. The van der Waals surface area contributed by atoms with Gasteiger partial charge in [-0.05, 0) is 25.5 Å². The number of ether oxygens (including phenoxy) is 2. The molecular formula is C14H17ClN4O3. The number of nitrogens with one attached hydrogen (secondary N) is 2. The molecule has 0 saturated heterocycles. The summed E-state index contributed by atoms with van der Waals surface area (Å²) in [5.74, 6) is 0.764. The average Bonchev–Trinajstić information content (AvgIpc) is 2.99. The number of nitrogens with zero attached hydrogens (tertiary/aromatic N) is 2. The number of hydrogen-bond donors (Lipinski definition) is 2. The molecule has 0 unspecified atom stereocenters. The Hall–Kier alpha value is -2.28. The molecule has 0 saturated carbocycles. The first-order chi connectivity index (χ1) is 10.7. The Balaban J connectivity index is 2.26. The molecule has 1 amide bonds. The van der Waals surface area contributed by atoms with Crippen LogP contribution in [0.4, 0.5) is 5.95 Å². The molecule has 0 aliphatic heterocycles. The van der Waals surface area contributed by atoms with Crippen molar-refractivity contribution in [3.63, 3.8) is 0 Å². The molecule has 0 bridgehead atoms. The number of benzene rings is 1. The van der Waals surface area contributed by atoms with Crippen molar-refractivity contribution in [3.05, 3.63) is 29.0 Å². The van der Waals surface area contributed by atoms with Crippen molar-refractivity contribution < 1.29 is 14.3 Å². The van der Waals surface area contributed by atoms with Crippen molar-refractivity contribution >= 4 is 23.5 Å². The molecule has 0 radical (unpaired) electrons. The number of aromatic nitrogens is 3. The maximum Gasteiger partial charge on any atom is 0.258 e. The number of H-pyrrole nitrogens is 1. The summed E-state index contributed by atoms with van der Waals surface area (Å²) in [6, 6.07) is 3.12. The smallest absolute Gasteiger partial charge is 0.258 e. The Morgan fingerprint density at radius 3 is 2.82 bits per heavy atom. The third-order valence-corrected chi connectivity index (χ3v) is 2.95. The van der Waals surface area contributed by atoms with Crippen LogP contribution in [0.15, 0.2) is 18.5 Å². The Bertz CT molecular complexity index is 631. The monoisotopic (exact) mass is 324 g/mol. The minimum Gasteiger partial charge on any atom is -0.490 e. The van der Waals surface area contributed by atoms with Crippen molar-refractivity contribution in [1.82, 2.24) is 15.2 Å². The molecule has 2 rings (SSSR count). The normalized spacial score (nSPS) is 10.3. The largest absolute Gasteiger partial charge is 0.490 e. The van der Waals surface area contributed by atoms with E-state index in [2.05, 4.69) is 20.5 Å². The predicted octanol–water partition coefficient (Wildman–Crippen LogP) is 2.90. The molecule has 0 aliphatic carbocycles. The third-order valence-electron chi connectivity index (χ3n) is 2.67. The van der Waals surface area contributed by atoms with E-state index in [0.717, 1.165) is 6.42 Å². The van der Waals surface area contributed by atoms with Gasteiger partial charge in [0.15, 0.2) is 11.5 Å². The van der Waals surface area contributed by atoms with Gasteiger partial charge in [-0.2, -0.15) is 10.1 Å². The fourth-order valence-electron chi connectivity index (χ4n) is 1.75. The van der Waals surface area contributed by atoms with Crippen molar-refractivity contribution in [2.45, 2.75) is 20.3 Å². The van der Waals surface area contributed by atoms with Crippen LogP contribution in [0.1, 0.15) is 30.6 Å². The summed E-state index contributed by atoms with van der Waals surface area (Å²) >= 11 is 6.21. The number of halogens is 1. The molecule has 8 heteroatoms. The fourth-order valence-corrected chi connectivity index (χ4v) is 2.02. The molecule has 118 valence electrons. The van der Waals surface area contributed by atoms with Crippen molar-refractivity contribution in [1.29, 1.82) is 0 Å². The van der Waals surface area contributed by atoms with Crippen molar-refractivity contribution in [3.8, 4) is 11.5 Å². The topological polar surface area (TPSA) is 89.1 Å². The standard InChI is InChI=1S/C14H17ClN4O3/c1-3-5-22-12-10(15)6-9(7-11(12)21-4-2)13(20)18-14-16-8-17-19-14/h6-8H,3-5H2,1-2H3,(H2,16,17,18,19,20). The first-order valence-corrected chi connectivity index (χ1v) is 7.29. The van der Waals surface area contributed by atoms with Gasteiger partial charge in [-0.25, -0.2) is 5.10 Å². The molecule has 1 aromatic heterocycles. The van der Waals surface area contributed by atoms with Gasteiger partial charge in [0.05, 0.1) is 18.2 Å². The summed E-state index contributed by atoms with van der Waals surface area (Å²) in [7, 11) is 0. The lowest BCUT2D eigenvalue weighted by atomic mass is 10.2. The summed E-state index contributed by atoms with van der Waals surface area (Å²) in [4.78, 5) is 16.0. The van der Waals surface area contributed by atoms with Crippen molar-refractivity contribution in [2.24, 2.45) is 0 Å². The van der Waals surface area contributed by atoms with Crippen LogP contribution in [0.2, 0.25) is 5.02 Å². The van der Waals surface area contributed by atoms with E-state index in [9.17, 15) is 4.79 Å². The lowest BCUT2D eigenvalue weighted by Crippen LogP contribution is -2.13. The van der Waals surface area contributed by atoms with Crippen LogP contribution in [0.25, 0.3) is 0 Å². The van der Waals surface area contributed by atoms with Crippen LogP contribution >= 0.6 is 11.6 Å². The van der Waals surface area contributed by atoms with Gasteiger partial charge in [-0.15, -0.1) is 0 Å². The van der Waals surface area contributed by atoms with E-state index in [-0.39, 0.29) is 11.9 Å². The highest BCUT2D eigenvalue weighted by molar-refractivity contribution is 6.32. The highest BCUT2D eigenvalue weighted by atomic mass is 35.5. The first-order valence-electron chi connectivity index (χ1n) is 6.91. The maximum absolute atomic E-state index is 12.2. The van der Waals surface area contributed by atoms with Gasteiger partial charge in [0.1, 0.15) is 6.33 Å². The van der Waals surface area contributed by atoms with Gasteiger partial charge in [-0.3, -0.25) is 10.1 Å². The SMILES string of the molecule is CCCOc1c(Cl)cc(C(=O)Nc2ncn[nH]2)cc1OCC. The molecule has 22 heavy (non-hydrogen) atoms. The van der Waals surface area contributed by atoms with Gasteiger partial charge in [-0.1, -0.05) is 18.5 Å². The quantitative estimate of drug-likeness (QED) is 0.817. The molecule has 1 heterocycles. The molecule has 0 aliphatic rings. The predicted molar refractivity (Wildman–Crippen MR) is 82.7 cm³/mol. The number of carbonyl (C=O) groups excluding carboxylic acids is 1. The number of hydrogen-bond acceptors (Lipinski definition) is 5. The highest BCUT2D eigenvalue weighted by Gasteiger charge is 2.17. The molecule has 7 nitrogen and oxygen atoms in total. The van der Waals surface area contributed by atoms with Crippen molar-refractivity contribution in [2.75, 3.05) is 18.5 Å². The van der Waals surface area contributed by atoms with E-state index >= 15 is 0 Å². The van der Waals surface area contributed by atoms with Crippen LogP contribution in [-0.2, 0) is 0 Å². The summed E-state index contributed by atoms with van der Waals surface area (Å²) in [5, 5.41) is 9.10. The van der Waals surface area contributed by atoms with Gasteiger partial charge >= 0.3 is 0 Å². The molecule has 2 aromatic rings. The second-order valence-corrected chi connectivity index (χ2v) is 4.76. The van der Waals surface area contributed by atoms with E-state index in [0.29, 0.717) is 35.3 Å². The lowest BCUT2D eigenvalue weighted by Gasteiger charge is -2.14. The molecule has 0 spiro atoms. The molecule has 1 aromatic carbocycles. The van der Waals surface area contributed by atoms with Gasteiger partial charge < -0.3 is 9.47 Å². The van der Waals surface area contributed by atoms with Gasteiger partial charge in [0.2, 0.25) is 5.95 Å². The number of aromatic amines is 1. The molecule has 2 N–H and O–H groups in total. The number of anilines is 1. The second kappa shape index (κ2) is 7.65. The second-order valence-electron chi connectivity index (χ2n) is 4.36. The van der Waals surface area contributed by atoms with Crippen LogP contribution < -0.4 is 14.8 Å². The zero-order valence-electron chi connectivity index (χ0n) is 12.4. The number of carbonyl (C=O) groups is 1. The van der Waals surface area contributed by atoms with E-state index < -0.39 is 0 Å². The van der Waals surface area contributed by atoms with E-state index in [1.807, 2.05) is 13.8 Å². The van der Waals surface area contributed by atoms with E-state index in [1.54, 1.807) is 6.07 Å². The lowest BCUT2D eigenvalue weighted by molar-refractivity contribution is 0.102. The van der Waals surface area contributed by atoms with E-state index in [4.69, 9.17) is 21.1 Å². The Morgan fingerprint density at radius 1 is 1.36 bits per heavy atom. The van der Waals surface area contributed by atoms with Crippen LogP contribution in [0, 0.1) is 0 Å². The Labute approximate surface area is 133 Å². The van der Waals surface area contributed by atoms with Crippen LogP contribution in [0.3, 0.4) is 0 Å². The summed E-state index contributed by atoms with van der Waals surface area (Å²) in [6.45, 7) is 4.79. The summed E-state index contributed by atoms with van der Waals surface area (Å²) in [6.07, 6.45) is 2.14. The Morgan fingerprint density at radius 2 is 2.18 bits per heavy atom. The van der Waals surface area contributed by atoms with Gasteiger partial charge in [0, 0.05) is 5.56 Å². The Kier molecular flexibility index (Phi) is 5.60. The van der Waals surface area contributed by atoms with Crippen LogP contribution in [-0.4, -0.2) is 34.3 Å². The minimum atomic E-state index is -0.373. The van der Waals surface area contributed by atoms with Crippen LogP contribution in [0.5, 0.6) is 11.5 Å². The maximum atomic E-state index is 12.2. The number of amides is 1. The van der Waals surface area contributed by atoms with Gasteiger partial charge in [0.25, 0.3) is 5.91 Å². The minimum absolute atomic E-state index is 0.255. The average molecular weight is 325 g/mol. The molecule has 0 fully saturated rings. The van der Waals surface area contributed by atoms with E-state index in [1.165, 1.54) is 12.4 Å². The fraction of sp³-hybridized carbons (Fsp3) is 0.357. The molecular weight excluding hydrogens is 308 g/mol. The zero-order valence-corrected chi connectivity index (χ0v) is 13.1. The highest BCUT2D eigenvalue weighted by Crippen LogP contribution is 2.37.